The number of fused-ring (bicyclic) bond motifs is 1. The maximum Gasteiger partial charge on any atom is 0.165 e. The molecule has 3 heterocycles. The molecule has 0 aliphatic heterocycles. The second kappa shape index (κ2) is 6.67. The lowest BCUT2D eigenvalue weighted by atomic mass is 10.1. The quantitative estimate of drug-likeness (QED) is 0.541. The predicted octanol–water partition coefficient (Wildman–Crippen LogP) is 3.83. The van der Waals surface area contributed by atoms with E-state index in [1.165, 1.54) is 0 Å². The average Bonchev–Trinajstić information content (AvgIpc) is 3.18. The highest BCUT2D eigenvalue weighted by Gasteiger charge is 2.19. The monoisotopic (exact) mass is 377 g/mol. The van der Waals surface area contributed by atoms with E-state index in [4.69, 9.17) is 19.6 Å². The number of aryl methyl sites for hydroxylation is 4. The van der Waals surface area contributed by atoms with Crippen LogP contribution in [0.4, 0.5) is 0 Å². The van der Waals surface area contributed by atoms with Crippen LogP contribution in [-0.4, -0.2) is 38.6 Å². The lowest BCUT2D eigenvalue weighted by Crippen LogP contribution is -2.08. The van der Waals surface area contributed by atoms with Crippen molar-refractivity contribution in [3.05, 3.63) is 53.1 Å². The van der Waals surface area contributed by atoms with Crippen molar-refractivity contribution in [3.8, 4) is 28.4 Å². The van der Waals surface area contributed by atoms with Crippen LogP contribution in [0.5, 0.6) is 11.5 Å². The minimum atomic E-state index is 0.671. The molecular weight excluding hydrogens is 354 g/mol. The van der Waals surface area contributed by atoms with Crippen molar-refractivity contribution in [2.24, 2.45) is 0 Å². The second-order valence-electron chi connectivity index (χ2n) is 6.86. The normalized spacial score (nSPS) is 11.2. The summed E-state index contributed by atoms with van der Waals surface area (Å²) in [4.78, 5) is 4.78. The highest BCUT2D eigenvalue weighted by atomic mass is 16.5. The van der Waals surface area contributed by atoms with Crippen LogP contribution in [0.3, 0.4) is 0 Å². The van der Waals surface area contributed by atoms with Gasteiger partial charge in [0, 0.05) is 23.0 Å². The van der Waals surface area contributed by atoms with Gasteiger partial charge in [0.1, 0.15) is 0 Å². The molecule has 28 heavy (non-hydrogen) atoms. The molecule has 0 spiro atoms. The van der Waals surface area contributed by atoms with E-state index in [2.05, 4.69) is 5.10 Å². The molecule has 0 N–H and O–H groups in total. The Labute approximate surface area is 163 Å². The van der Waals surface area contributed by atoms with Crippen molar-refractivity contribution in [2.45, 2.75) is 27.7 Å². The fourth-order valence-corrected chi connectivity index (χ4v) is 3.57. The molecule has 0 bridgehead atoms. The molecular formula is C21H23N5O2. The molecule has 1 aromatic carbocycles. The van der Waals surface area contributed by atoms with Gasteiger partial charge in [0.25, 0.3) is 0 Å². The van der Waals surface area contributed by atoms with Gasteiger partial charge in [-0.05, 0) is 51.5 Å². The standard InChI is InChI=1S/C21H23N5O2/c1-12-10-19(25-14(3)9-13(2)23-25)26-21(22-12)20(15(4)24-26)16-7-8-17(27-5)18(11-16)28-6/h7-11H,1-6H3. The first-order valence-corrected chi connectivity index (χ1v) is 9.06. The molecule has 7 nitrogen and oxygen atoms in total. The largest absolute Gasteiger partial charge is 0.493 e. The SMILES string of the molecule is COc1ccc(-c2c(C)nn3c(-n4nc(C)cc4C)cc(C)nc23)cc1OC. The van der Waals surface area contributed by atoms with Crippen molar-refractivity contribution in [1.29, 1.82) is 0 Å². The van der Waals surface area contributed by atoms with Crippen molar-refractivity contribution in [3.63, 3.8) is 0 Å². The molecule has 144 valence electrons. The summed E-state index contributed by atoms with van der Waals surface area (Å²) in [5, 5.41) is 9.40. The van der Waals surface area contributed by atoms with Gasteiger partial charge in [0.15, 0.2) is 23.0 Å². The summed E-state index contributed by atoms with van der Waals surface area (Å²) < 4.78 is 14.6. The smallest absolute Gasteiger partial charge is 0.165 e. The minimum absolute atomic E-state index is 0.671. The molecule has 4 aromatic rings. The van der Waals surface area contributed by atoms with E-state index in [1.54, 1.807) is 14.2 Å². The van der Waals surface area contributed by atoms with Gasteiger partial charge in [-0.1, -0.05) is 6.07 Å². The zero-order valence-electron chi connectivity index (χ0n) is 16.9. The van der Waals surface area contributed by atoms with Crippen LogP contribution in [0.1, 0.15) is 22.8 Å². The van der Waals surface area contributed by atoms with Crippen molar-refractivity contribution in [2.75, 3.05) is 14.2 Å². The third-order valence-corrected chi connectivity index (χ3v) is 4.77. The summed E-state index contributed by atoms with van der Waals surface area (Å²) in [6.45, 7) is 7.99. The van der Waals surface area contributed by atoms with Crippen LogP contribution in [-0.2, 0) is 0 Å². The lowest BCUT2D eigenvalue weighted by molar-refractivity contribution is 0.355. The summed E-state index contributed by atoms with van der Waals surface area (Å²) in [5.74, 6) is 2.22. The molecule has 0 aliphatic rings. The van der Waals surface area contributed by atoms with Gasteiger partial charge in [-0.2, -0.15) is 14.7 Å². The third-order valence-electron chi connectivity index (χ3n) is 4.77. The Bertz CT molecular complexity index is 1190. The highest BCUT2D eigenvalue weighted by molar-refractivity contribution is 5.81. The number of methoxy groups -OCH3 is 2. The van der Waals surface area contributed by atoms with Gasteiger partial charge in [-0.25, -0.2) is 9.67 Å². The molecule has 3 aromatic heterocycles. The molecule has 0 atom stereocenters. The van der Waals surface area contributed by atoms with E-state index in [0.717, 1.165) is 45.4 Å². The zero-order valence-corrected chi connectivity index (χ0v) is 16.9. The molecule has 7 heteroatoms. The molecule has 0 aliphatic carbocycles. The Balaban J connectivity index is 1.99. The Hall–Kier alpha value is -3.35. The molecule has 0 radical (unpaired) electrons. The van der Waals surface area contributed by atoms with Gasteiger partial charge in [-0.15, -0.1) is 0 Å². The van der Waals surface area contributed by atoms with E-state index in [1.807, 2.05) is 67.2 Å². The number of hydrogen-bond donors (Lipinski definition) is 0. The van der Waals surface area contributed by atoms with Crippen LogP contribution >= 0.6 is 0 Å². The summed E-state index contributed by atoms with van der Waals surface area (Å²) in [5.41, 5.74) is 6.52. The maximum absolute atomic E-state index is 5.48. The number of nitrogens with zero attached hydrogens (tertiary/aromatic N) is 5. The van der Waals surface area contributed by atoms with E-state index < -0.39 is 0 Å². The van der Waals surface area contributed by atoms with Crippen molar-refractivity contribution < 1.29 is 9.47 Å². The Morgan fingerprint density at radius 1 is 0.821 bits per heavy atom. The van der Waals surface area contributed by atoms with Gasteiger partial charge < -0.3 is 9.47 Å². The number of hydrogen-bond acceptors (Lipinski definition) is 5. The topological polar surface area (TPSA) is 66.5 Å². The van der Waals surface area contributed by atoms with E-state index in [9.17, 15) is 0 Å². The molecule has 0 unspecified atom stereocenters. The summed E-state index contributed by atoms with van der Waals surface area (Å²) >= 11 is 0. The zero-order chi connectivity index (χ0) is 20.0. The first-order chi connectivity index (χ1) is 13.4. The number of ether oxygens (including phenoxy) is 2. The van der Waals surface area contributed by atoms with E-state index >= 15 is 0 Å². The second-order valence-corrected chi connectivity index (χ2v) is 6.86. The van der Waals surface area contributed by atoms with Gasteiger partial charge in [0.2, 0.25) is 0 Å². The van der Waals surface area contributed by atoms with E-state index in [0.29, 0.717) is 11.5 Å². The van der Waals surface area contributed by atoms with Crippen LogP contribution in [0, 0.1) is 27.7 Å². The van der Waals surface area contributed by atoms with Crippen molar-refractivity contribution in [1.82, 2.24) is 24.4 Å². The number of benzene rings is 1. The first kappa shape index (κ1) is 18.0. The summed E-state index contributed by atoms with van der Waals surface area (Å²) in [6.07, 6.45) is 0. The molecule has 0 fully saturated rings. The average molecular weight is 377 g/mol. The maximum atomic E-state index is 5.48. The highest BCUT2D eigenvalue weighted by Crippen LogP contribution is 2.35. The summed E-state index contributed by atoms with van der Waals surface area (Å²) in [7, 11) is 3.26. The fourth-order valence-electron chi connectivity index (χ4n) is 3.57. The predicted molar refractivity (Wildman–Crippen MR) is 108 cm³/mol. The number of rotatable bonds is 4. The Kier molecular flexibility index (Phi) is 4.30. The first-order valence-electron chi connectivity index (χ1n) is 9.06. The summed E-state index contributed by atoms with van der Waals surface area (Å²) in [6, 6.07) is 9.90. The van der Waals surface area contributed by atoms with Gasteiger partial charge >= 0.3 is 0 Å². The third kappa shape index (κ3) is 2.79. The van der Waals surface area contributed by atoms with Crippen LogP contribution in [0.2, 0.25) is 0 Å². The Morgan fingerprint density at radius 2 is 1.57 bits per heavy atom. The minimum Gasteiger partial charge on any atom is -0.493 e. The van der Waals surface area contributed by atoms with Crippen LogP contribution < -0.4 is 9.47 Å². The van der Waals surface area contributed by atoms with Gasteiger partial charge in [0.05, 0.1) is 25.6 Å². The molecule has 0 saturated heterocycles. The molecule has 0 amide bonds. The number of aromatic nitrogens is 5. The van der Waals surface area contributed by atoms with Crippen molar-refractivity contribution >= 4 is 5.65 Å². The van der Waals surface area contributed by atoms with E-state index in [-0.39, 0.29) is 0 Å². The lowest BCUT2D eigenvalue weighted by Gasteiger charge is -2.10. The van der Waals surface area contributed by atoms with Crippen LogP contribution in [0.25, 0.3) is 22.6 Å². The Morgan fingerprint density at radius 3 is 2.21 bits per heavy atom. The molecule has 0 saturated carbocycles. The van der Waals surface area contributed by atoms with Crippen LogP contribution in [0.15, 0.2) is 30.3 Å². The fraction of sp³-hybridized carbons (Fsp3) is 0.286. The molecule has 4 rings (SSSR count). The van der Waals surface area contributed by atoms with Gasteiger partial charge in [-0.3, -0.25) is 0 Å².